The number of hydrogen-bond donors (Lipinski definition) is 1. The highest BCUT2D eigenvalue weighted by molar-refractivity contribution is 7.15. The van der Waals surface area contributed by atoms with E-state index in [0.29, 0.717) is 39.8 Å². The van der Waals surface area contributed by atoms with Crippen LogP contribution in [0.3, 0.4) is 0 Å². The predicted molar refractivity (Wildman–Crippen MR) is 114 cm³/mol. The lowest BCUT2D eigenvalue weighted by molar-refractivity contribution is 0.102. The number of carbonyl (C=O) groups is 1. The number of amides is 1. The first-order valence-electron chi connectivity index (χ1n) is 9.36. The Balaban J connectivity index is 1.43. The standard InChI is InChI=1S/C21H19N5O4S/c1-13-7-9-14(10-8-13)19-22-17(30-26-19)11-29-16-6-4-3-5-15(16)20(27)23-21-25-24-18(31-21)12-28-2/h3-10H,11-12H2,1-2H3,(H,23,25,27). The molecule has 0 fully saturated rings. The van der Waals surface area contributed by atoms with Crippen molar-refractivity contribution in [3.8, 4) is 17.1 Å². The molecular weight excluding hydrogens is 418 g/mol. The number of rotatable bonds is 8. The number of nitrogens with zero attached hydrogens (tertiary/aromatic N) is 4. The van der Waals surface area contributed by atoms with Crippen LogP contribution >= 0.6 is 11.3 Å². The van der Waals surface area contributed by atoms with Gasteiger partial charge in [0.25, 0.3) is 11.8 Å². The van der Waals surface area contributed by atoms with Gasteiger partial charge >= 0.3 is 0 Å². The van der Waals surface area contributed by atoms with E-state index in [4.69, 9.17) is 14.0 Å². The number of ether oxygens (including phenoxy) is 2. The fourth-order valence-corrected chi connectivity index (χ4v) is 3.41. The second kappa shape index (κ2) is 9.45. The van der Waals surface area contributed by atoms with Crippen LogP contribution in [0.25, 0.3) is 11.4 Å². The van der Waals surface area contributed by atoms with Gasteiger partial charge in [-0.25, -0.2) is 0 Å². The molecule has 158 valence electrons. The second-order valence-electron chi connectivity index (χ2n) is 6.55. The van der Waals surface area contributed by atoms with E-state index in [1.54, 1.807) is 31.4 Å². The average molecular weight is 437 g/mol. The van der Waals surface area contributed by atoms with Gasteiger partial charge in [-0.3, -0.25) is 10.1 Å². The molecule has 0 spiro atoms. The summed E-state index contributed by atoms with van der Waals surface area (Å²) in [4.78, 5) is 17.1. The normalized spacial score (nSPS) is 10.8. The fraction of sp³-hybridized carbons (Fsp3) is 0.190. The summed E-state index contributed by atoms with van der Waals surface area (Å²) in [7, 11) is 1.57. The van der Waals surface area contributed by atoms with E-state index in [2.05, 4.69) is 25.7 Å². The maximum absolute atomic E-state index is 12.7. The molecule has 0 saturated carbocycles. The highest BCUT2D eigenvalue weighted by Gasteiger charge is 2.16. The Labute approximate surface area is 182 Å². The highest BCUT2D eigenvalue weighted by atomic mass is 32.1. The van der Waals surface area contributed by atoms with E-state index in [1.165, 1.54) is 11.3 Å². The summed E-state index contributed by atoms with van der Waals surface area (Å²) in [6.07, 6.45) is 0. The molecule has 0 aliphatic rings. The molecule has 4 aromatic rings. The average Bonchev–Trinajstić information content (AvgIpc) is 3.43. The number of aryl methyl sites for hydroxylation is 1. The summed E-state index contributed by atoms with van der Waals surface area (Å²) in [6, 6.07) is 14.7. The van der Waals surface area contributed by atoms with Crippen LogP contribution in [0, 0.1) is 6.92 Å². The van der Waals surface area contributed by atoms with Crippen molar-refractivity contribution in [1.29, 1.82) is 0 Å². The molecule has 0 unspecified atom stereocenters. The minimum Gasteiger partial charge on any atom is -0.483 e. The lowest BCUT2D eigenvalue weighted by Gasteiger charge is -2.09. The number of hydrogen-bond acceptors (Lipinski definition) is 9. The van der Waals surface area contributed by atoms with Gasteiger partial charge in [-0.15, -0.1) is 10.2 Å². The van der Waals surface area contributed by atoms with E-state index in [9.17, 15) is 4.79 Å². The Kier molecular flexibility index (Phi) is 6.29. The fourth-order valence-electron chi connectivity index (χ4n) is 2.70. The van der Waals surface area contributed by atoms with Crippen LogP contribution in [0.15, 0.2) is 53.1 Å². The number of anilines is 1. The summed E-state index contributed by atoms with van der Waals surface area (Å²) in [5, 5.41) is 15.7. The van der Waals surface area contributed by atoms with E-state index in [-0.39, 0.29) is 12.5 Å². The van der Waals surface area contributed by atoms with E-state index in [0.717, 1.165) is 11.1 Å². The molecule has 10 heteroatoms. The van der Waals surface area contributed by atoms with E-state index in [1.807, 2.05) is 31.2 Å². The Hall–Kier alpha value is -3.63. The molecule has 31 heavy (non-hydrogen) atoms. The molecule has 0 aliphatic heterocycles. The van der Waals surface area contributed by atoms with Crippen LogP contribution in [0.1, 0.15) is 26.8 Å². The zero-order valence-corrected chi connectivity index (χ0v) is 17.7. The van der Waals surface area contributed by atoms with Crippen molar-refractivity contribution in [3.63, 3.8) is 0 Å². The van der Waals surface area contributed by atoms with Crippen molar-refractivity contribution in [2.45, 2.75) is 20.1 Å². The maximum atomic E-state index is 12.7. The van der Waals surface area contributed by atoms with Gasteiger partial charge in [-0.05, 0) is 19.1 Å². The van der Waals surface area contributed by atoms with Crippen molar-refractivity contribution in [1.82, 2.24) is 20.3 Å². The molecule has 9 nitrogen and oxygen atoms in total. The minimum absolute atomic E-state index is 0.0277. The van der Waals surface area contributed by atoms with Crippen molar-refractivity contribution < 1.29 is 18.8 Å². The van der Waals surface area contributed by atoms with Gasteiger partial charge in [0.05, 0.1) is 5.56 Å². The lowest BCUT2D eigenvalue weighted by atomic mass is 10.1. The molecule has 0 radical (unpaired) electrons. The maximum Gasteiger partial charge on any atom is 0.264 e. The topological polar surface area (TPSA) is 112 Å². The third-order valence-corrected chi connectivity index (χ3v) is 5.03. The number of nitrogens with one attached hydrogen (secondary N) is 1. The van der Waals surface area contributed by atoms with Crippen LogP contribution in [0.2, 0.25) is 0 Å². The molecule has 2 heterocycles. The van der Waals surface area contributed by atoms with Crippen LogP contribution in [0.4, 0.5) is 5.13 Å². The zero-order chi connectivity index (χ0) is 21.6. The number of carbonyl (C=O) groups excluding carboxylic acids is 1. The Morgan fingerprint density at radius 2 is 1.90 bits per heavy atom. The molecule has 0 atom stereocenters. The summed E-state index contributed by atoms with van der Waals surface area (Å²) < 4.78 is 16.1. The molecule has 2 aromatic carbocycles. The number of para-hydroxylation sites is 1. The van der Waals surface area contributed by atoms with Gasteiger partial charge < -0.3 is 14.0 Å². The van der Waals surface area contributed by atoms with Crippen LogP contribution in [-0.2, 0) is 18.0 Å². The van der Waals surface area contributed by atoms with Gasteiger partial charge in [-0.2, -0.15) is 4.98 Å². The number of benzene rings is 2. The lowest BCUT2D eigenvalue weighted by Crippen LogP contribution is -2.13. The zero-order valence-electron chi connectivity index (χ0n) is 16.9. The smallest absolute Gasteiger partial charge is 0.264 e. The third kappa shape index (κ3) is 5.11. The predicted octanol–water partition coefficient (Wildman–Crippen LogP) is 3.87. The summed E-state index contributed by atoms with van der Waals surface area (Å²) in [5.74, 6) is 0.810. The molecule has 2 aromatic heterocycles. The van der Waals surface area contributed by atoms with Crippen LogP contribution in [-0.4, -0.2) is 33.4 Å². The van der Waals surface area contributed by atoms with Crippen molar-refractivity contribution in [2.75, 3.05) is 12.4 Å². The number of methoxy groups -OCH3 is 1. The van der Waals surface area contributed by atoms with Gasteiger partial charge in [-0.1, -0.05) is 58.5 Å². The van der Waals surface area contributed by atoms with Crippen molar-refractivity contribution in [3.05, 3.63) is 70.6 Å². The third-order valence-electron chi connectivity index (χ3n) is 4.22. The molecule has 1 N–H and O–H groups in total. The van der Waals surface area contributed by atoms with Gasteiger partial charge in [0.2, 0.25) is 11.0 Å². The second-order valence-corrected chi connectivity index (χ2v) is 7.61. The summed E-state index contributed by atoms with van der Waals surface area (Å²) in [5.41, 5.74) is 2.35. The first-order chi connectivity index (χ1) is 15.1. The largest absolute Gasteiger partial charge is 0.483 e. The van der Waals surface area contributed by atoms with Crippen LogP contribution in [0.5, 0.6) is 5.75 Å². The van der Waals surface area contributed by atoms with Gasteiger partial charge in [0.15, 0.2) is 6.61 Å². The van der Waals surface area contributed by atoms with Crippen LogP contribution < -0.4 is 10.1 Å². The quantitative estimate of drug-likeness (QED) is 0.442. The van der Waals surface area contributed by atoms with E-state index < -0.39 is 0 Å². The number of aromatic nitrogens is 4. The Bertz CT molecular complexity index is 1170. The highest BCUT2D eigenvalue weighted by Crippen LogP contribution is 2.23. The van der Waals surface area contributed by atoms with Crippen molar-refractivity contribution in [2.24, 2.45) is 0 Å². The monoisotopic (exact) mass is 437 g/mol. The molecule has 0 bridgehead atoms. The molecule has 0 saturated heterocycles. The molecule has 0 aliphatic carbocycles. The first-order valence-corrected chi connectivity index (χ1v) is 10.2. The van der Waals surface area contributed by atoms with Gasteiger partial charge in [0.1, 0.15) is 17.4 Å². The Morgan fingerprint density at radius 3 is 2.71 bits per heavy atom. The van der Waals surface area contributed by atoms with Gasteiger partial charge in [0, 0.05) is 12.7 Å². The summed E-state index contributed by atoms with van der Waals surface area (Å²) in [6.45, 7) is 2.37. The molecule has 1 amide bonds. The Morgan fingerprint density at radius 1 is 1.10 bits per heavy atom. The molecule has 4 rings (SSSR count). The minimum atomic E-state index is -0.360. The first kappa shape index (κ1) is 20.6. The SMILES string of the molecule is COCc1nnc(NC(=O)c2ccccc2OCc2nc(-c3ccc(C)cc3)no2)s1. The van der Waals surface area contributed by atoms with E-state index >= 15 is 0 Å². The molecular formula is C21H19N5O4S. The summed E-state index contributed by atoms with van der Waals surface area (Å²) >= 11 is 1.24. The van der Waals surface area contributed by atoms with Crippen molar-refractivity contribution >= 4 is 22.4 Å².